The van der Waals surface area contributed by atoms with E-state index >= 15 is 0 Å². The summed E-state index contributed by atoms with van der Waals surface area (Å²) in [6.07, 6.45) is 1.86. The summed E-state index contributed by atoms with van der Waals surface area (Å²) in [5.41, 5.74) is 5.88. The molecule has 0 heterocycles. The predicted molar refractivity (Wildman–Crippen MR) is 58.2 cm³/mol. The first kappa shape index (κ1) is 12.3. The molecule has 0 spiro atoms. The zero-order valence-electron chi connectivity index (χ0n) is 8.59. The molecule has 5 heteroatoms. The van der Waals surface area contributed by atoms with Crippen LogP contribution in [0.25, 0.3) is 0 Å². The second kappa shape index (κ2) is 5.32. The summed E-state index contributed by atoms with van der Waals surface area (Å²) in [5, 5.41) is 0. The first-order valence-corrected chi connectivity index (χ1v) is 5.77. The van der Waals surface area contributed by atoms with Crippen LogP contribution in [0, 0.1) is 11.6 Å². The standard InChI is InChI=1S/C10H13F2NOS/c1-14-10-4-7(11)6(3-8(10)12)9(13)5-15-2/h3-4,9H,5,13H2,1-2H3. The van der Waals surface area contributed by atoms with Crippen molar-refractivity contribution in [1.29, 1.82) is 0 Å². The normalized spacial score (nSPS) is 12.6. The van der Waals surface area contributed by atoms with E-state index in [1.54, 1.807) is 0 Å². The SMILES string of the molecule is COc1cc(F)c(C(N)CSC)cc1F. The van der Waals surface area contributed by atoms with Gasteiger partial charge >= 0.3 is 0 Å². The van der Waals surface area contributed by atoms with E-state index in [0.717, 1.165) is 12.1 Å². The van der Waals surface area contributed by atoms with Crippen LogP contribution in [0.15, 0.2) is 12.1 Å². The molecule has 0 aromatic heterocycles. The Morgan fingerprint density at radius 3 is 2.60 bits per heavy atom. The minimum atomic E-state index is -0.592. The van der Waals surface area contributed by atoms with E-state index in [1.165, 1.54) is 18.9 Å². The summed E-state index contributed by atoms with van der Waals surface area (Å²) in [6, 6.07) is 1.61. The average molecular weight is 233 g/mol. The van der Waals surface area contributed by atoms with Gasteiger partial charge in [-0.25, -0.2) is 8.78 Å². The van der Waals surface area contributed by atoms with E-state index in [2.05, 4.69) is 4.74 Å². The Labute approximate surface area is 91.8 Å². The Hall–Kier alpha value is -0.810. The fourth-order valence-electron chi connectivity index (χ4n) is 1.25. The number of hydrogen-bond acceptors (Lipinski definition) is 3. The monoisotopic (exact) mass is 233 g/mol. The molecule has 0 amide bonds. The molecule has 15 heavy (non-hydrogen) atoms. The summed E-state index contributed by atoms with van der Waals surface area (Å²) >= 11 is 1.48. The van der Waals surface area contributed by atoms with Gasteiger partial charge in [-0.15, -0.1) is 0 Å². The lowest BCUT2D eigenvalue weighted by atomic mass is 10.1. The molecule has 0 saturated carbocycles. The minimum absolute atomic E-state index is 0.104. The maximum Gasteiger partial charge on any atom is 0.165 e. The van der Waals surface area contributed by atoms with Crippen molar-refractivity contribution in [2.24, 2.45) is 5.73 Å². The predicted octanol–water partition coefficient (Wildman–Crippen LogP) is 2.34. The minimum Gasteiger partial charge on any atom is -0.494 e. The molecule has 0 bridgehead atoms. The molecule has 1 aromatic rings. The zero-order valence-corrected chi connectivity index (χ0v) is 9.41. The molecule has 0 aliphatic carbocycles. The van der Waals surface area contributed by atoms with Gasteiger partial charge in [0, 0.05) is 23.4 Å². The van der Waals surface area contributed by atoms with Gasteiger partial charge in [-0.2, -0.15) is 11.8 Å². The average Bonchev–Trinajstić information content (AvgIpc) is 2.21. The van der Waals surface area contributed by atoms with Crippen molar-refractivity contribution in [3.8, 4) is 5.75 Å². The summed E-state index contributed by atoms with van der Waals surface area (Å²) in [5.74, 6) is -0.685. The van der Waals surface area contributed by atoms with Crippen molar-refractivity contribution in [3.63, 3.8) is 0 Å². The number of halogens is 2. The van der Waals surface area contributed by atoms with Crippen molar-refractivity contribution in [2.75, 3.05) is 19.1 Å². The lowest BCUT2D eigenvalue weighted by Gasteiger charge is -2.13. The van der Waals surface area contributed by atoms with E-state index in [4.69, 9.17) is 5.73 Å². The number of nitrogens with two attached hydrogens (primary N) is 1. The molecule has 0 fully saturated rings. The van der Waals surface area contributed by atoms with Crippen LogP contribution >= 0.6 is 11.8 Å². The number of hydrogen-bond donors (Lipinski definition) is 1. The van der Waals surface area contributed by atoms with Gasteiger partial charge in [-0.3, -0.25) is 0 Å². The quantitative estimate of drug-likeness (QED) is 0.867. The van der Waals surface area contributed by atoms with Crippen LogP contribution in [0.5, 0.6) is 5.75 Å². The van der Waals surface area contributed by atoms with Gasteiger partial charge in [0.05, 0.1) is 7.11 Å². The highest BCUT2D eigenvalue weighted by atomic mass is 32.2. The molecular formula is C10H13F2NOS. The maximum absolute atomic E-state index is 13.5. The number of ether oxygens (including phenoxy) is 1. The molecule has 1 unspecified atom stereocenters. The molecule has 0 aliphatic heterocycles. The topological polar surface area (TPSA) is 35.2 Å². The highest BCUT2D eigenvalue weighted by molar-refractivity contribution is 7.98. The van der Waals surface area contributed by atoms with Crippen molar-refractivity contribution >= 4 is 11.8 Å². The largest absolute Gasteiger partial charge is 0.494 e. The molecule has 0 aliphatic rings. The molecule has 2 N–H and O–H groups in total. The smallest absolute Gasteiger partial charge is 0.165 e. The summed E-state index contributed by atoms with van der Waals surface area (Å²) in [4.78, 5) is 0. The third-order valence-corrected chi connectivity index (χ3v) is 2.71. The molecule has 1 atom stereocenters. The lowest BCUT2D eigenvalue weighted by Crippen LogP contribution is -2.15. The highest BCUT2D eigenvalue weighted by Crippen LogP contribution is 2.25. The van der Waals surface area contributed by atoms with Crippen molar-refractivity contribution in [1.82, 2.24) is 0 Å². The van der Waals surface area contributed by atoms with Crippen molar-refractivity contribution in [2.45, 2.75) is 6.04 Å². The fraction of sp³-hybridized carbons (Fsp3) is 0.400. The van der Waals surface area contributed by atoms with Crippen LogP contribution in [-0.2, 0) is 0 Å². The Kier molecular flexibility index (Phi) is 4.35. The van der Waals surface area contributed by atoms with Crippen LogP contribution < -0.4 is 10.5 Å². The number of methoxy groups -OCH3 is 1. The van der Waals surface area contributed by atoms with Gasteiger partial charge < -0.3 is 10.5 Å². The maximum atomic E-state index is 13.5. The Morgan fingerprint density at radius 2 is 2.07 bits per heavy atom. The Bertz CT molecular complexity index is 346. The van der Waals surface area contributed by atoms with Crippen molar-refractivity contribution < 1.29 is 13.5 Å². The molecular weight excluding hydrogens is 220 g/mol. The van der Waals surface area contributed by atoms with Gasteiger partial charge in [0.25, 0.3) is 0 Å². The third-order valence-electron chi connectivity index (χ3n) is 2.02. The molecule has 2 nitrogen and oxygen atoms in total. The summed E-state index contributed by atoms with van der Waals surface area (Å²) in [7, 11) is 1.29. The van der Waals surface area contributed by atoms with Gasteiger partial charge in [-0.1, -0.05) is 0 Å². The third kappa shape index (κ3) is 2.82. The van der Waals surface area contributed by atoms with Crippen LogP contribution in [0.2, 0.25) is 0 Å². The van der Waals surface area contributed by atoms with Crippen LogP contribution in [0.3, 0.4) is 0 Å². The number of benzene rings is 1. The van der Waals surface area contributed by atoms with Crippen LogP contribution in [0.1, 0.15) is 11.6 Å². The second-order valence-corrected chi connectivity index (χ2v) is 3.98. The van der Waals surface area contributed by atoms with Gasteiger partial charge in [-0.05, 0) is 12.3 Å². The van der Waals surface area contributed by atoms with Crippen LogP contribution in [0.4, 0.5) is 8.78 Å². The van der Waals surface area contributed by atoms with E-state index in [1.807, 2.05) is 6.26 Å². The molecule has 1 aromatic carbocycles. The first-order chi connectivity index (χ1) is 7.10. The van der Waals surface area contributed by atoms with Crippen LogP contribution in [-0.4, -0.2) is 19.1 Å². The molecule has 0 radical (unpaired) electrons. The summed E-state index contributed by atoms with van der Waals surface area (Å²) in [6.45, 7) is 0. The van der Waals surface area contributed by atoms with E-state index < -0.39 is 17.7 Å². The number of rotatable bonds is 4. The fourth-order valence-corrected chi connectivity index (χ4v) is 1.79. The lowest BCUT2D eigenvalue weighted by molar-refractivity contribution is 0.381. The molecule has 84 valence electrons. The van der Waals surface area contributed by atoms with E-state index in [0.29, 0.717) is 5.75 Å². The first-order valence-electron chi connectivity index (χ1n) is 4.37. The van der Waals surface area contributed by atoms with Gasteiger partial charge in [0.2, 0.25) is 0 Å². The second-order valence-electron chi connectivity index (χ2n) is 3.07. The van der Waals surface area contributed by atoms with Gasteiger partial charge in [0.1, 0.15) is 5.82 Å². The van der Waals surface area contributed by atoms with Crippen molar-refractivity contribution in [3.05, 3.63) is 29.3 Å². The van der Waals surface area contributed by atoms with E-state index in [9.17, 15) is 8.78 Å². The highest BCUT2D eigenvalue weighted by Gasteiger charge is 2.15. The van der Waals surface area contributed by atoms with E-state index in [-0.39, 0.29) is 11.3 Å². The zero-order chi connectivity index (χ0) is 11.4. The Balaban J connectivity index is 3.04. The number of thioether (sulfide) groups is 1. The van der Waals surface area contributed by atoms with Gasteiger partial charge in [0.15, 0.2) is 11.6 Å². The summed E-state index contributed by atoms with van der Waals surface area (Å²) < 4.78 is 31.4. The Morgan fingerprint density at radius 1 is 1.40 bits per heavy atom. The molecule has 1 rings (SSSR count). The molecule has 0 saturated heterocycles.